The van der Waals surface area contributed by atoms with Crippen molar-refractivity contribution in [1.29, 1.82) is 0 Å². The van der Waals surface area contributed by atoms with Crippen LogP contribution in [0.2, 0.25) is 0 Å². The van der Waals surface area contributed by atoms with Crippen LogP contribution >= 0.6 is 0 Å². The first kappa shape index (κ1) is 23.5. The number of methoxy groups -OCH3 is 2. The molecule has 6 rings (SSSR count). The molecular weight excluding hydrogens is 404 g/mol. The molecule has 6 fully saturated rings. The molecule has 0 radical (unpaired) electrons. The number of esters is 2. The van der Waals surface area contributed by atoms with E-state index in [4.69, 9.17) is 14.6 Å². The molecule has 31 heavy (non-hydrogen) atoms. The zero-order chi connectivity index (χ0) is 22.9. The van der Waals surface area contributed by atoms with Gasteiger partial charge < -0.3 is 19.7 Å². The maximum atomic E-state index is 11.7. The topological polar surface area (TPSA) is 127 Å². The molecule has 0 aromatic carbocycles. The molecule has 6 aliphatic carbocycles. The summed E-state index contributed by atoms with van der Waals surface area (Å²) in [5.74, 6) is -1.66. The molecule has 0 saturated heterocycles. The minimum atomic E-state index is -0.715. The van der Waals surface area contributed by atoms with E-state index in [1.165, 1.54) is 14.2 Å². The number of carbonyl (C=O) groups excluding carboxylic acids is 2. The van der Waals surface area contributed by atoms with Gasteiger partial charge in [-0.15, -0.1) is 0 Å². The molecule has 2 N–H and O–H groups in total. The van der Waals surface area contributed by atoms with Crippen molar-refractivity contribution in [2.24, 2.45) is 21.7 Å². The largest absolute Gasteiger partial charge is 0.481 e. The first-order valence-corrected chi connectivity index (χ1v) is 11.2. The van der Waals surface area contributed by atoms with E-state index in [2.05, 4.69) is 0 Å². The van der Waals surface area contributed by atoms with Gasteiger partial charge in [-0.05, 0) is 82.5 Å². The standard InChI is InChI=1S/C12H18O4.C11H16O4/c1-16-10(15)12-5-2-11(3-6-12,4-7-12)8-9(13)14;1-15-9(14)11-5-2-10(3-6-11,4-7-11)8(12)13/h2-8H2,1H3,(H,13,14);2-7H2,1H3,(H,12,13). The molecule has 0 aromatic heterocycles. The van der Waals surface area contributed by atoms with E-state index in [0.29, 0.717) is 38.5 Å². The number of aliphatic carboxylic acids is 2. The molecule has 8 nitrogen and oxygen atoms in total. The van der Waals surface area contributed by atoms with Crippen LogP contribution in [0.1, 0.15) is 83.5 Å². The molecule has 174 valence electrons. The zero-order valence-electron chi connectivity index (χ0n) is 18.5. The van der Waals surface area contributed by atoms with Gasteiger partial charge in [0.1, 0.15) is 0 Å². The summed E-state index contributed by atoms with van der Waals surface area (Å²) in [4.78, 5) is 45.4. The number of carbonyl (C=O) groups is 4. The number of rotatable bonds is 5. The first-order valence-electron chi connectivity index (χ1n) is 11.2. The first-order chi connectivity index (χ1) is 14.6. The van der Waals surface area contributed by atoms with Gasteiger partial charge in [0, 0.05) is 0 Å². The fraction of sp³-hybridized carbons (Fsp3) is 0.826. The highest BCUT2D eigenvalue weighted by Crippen LogP contribution is 2.59. The van der Waals surface area contributed by atoms with E-state index in [9.17, 15) is 24.3 Å². The molecule has 0 unspecified atom stereocenters. The van der Waals surface area contributed by atoms with E-state index in [1.807, 2.05) is 0 Å². The molecule has 0 heterocycles. The number of carboxylic acids is 2. The van der Waals surface area contributed by atoms with E-state index in [1.54, 1.807) is 0 Å². The SMILES string of the molecule is COC(=O)C12CCC(C(=O)O)(CC1)CC2.COC(=O)C12CCC(CC(=O)O)(CC1)CC2. The number of hydrogen-bond acceptors (Lipinski definition) is 6. The van der Waals surface area contributed by atoms with Gasteiger partial charge in [0.25, 0.3) is 0 Å². The Labute approximate surface area is 182 Å². The summed E-state index contributed by atoms with van der Waals surface area (Å²) in [5, 5.41) is 18.1. The number of carboxylic acid groups (broad SMARTS) is 2. The zero-order valence-corrected chi connectivity index (χ0v) is 18.5. The van der Waals surface area contributed by atoms with Gasteiger partial charge >= 0.3 is 23.9 Å². The van der Waals surface area contributed by atoms with Crippen LogP contribution < -0.4 is 0 Å². The van der Waals surface area contributed by atoms with Crippen LogP contribution in [0.15, 0.2) is 0 Å². The molecule has 4 bridgehead atoms. The van der Waals surface area contributed by atoms with Gasteiger partial charge in [-0.1, -0.05) is 0 Å². The Kier molecular flexibility index (Phi) is 6.40. The van der Waals surface area contributed by atoms with E-state index < -0.39 is 17.4 Å². The predicted octanol–water partition coefficient (Wildman–Crippen LogP) is 3.56. The molecule has 0 atom stereocenters. The third kappa shape index (κ3) is 4.17. The Balaban J connectivity index is 0.000000176. The van der Waals surface area contributed by atoms with Crippen molar-refractivity contribution >= 4 is 23.9 Å². The van der Waals surface area contributed by atoms with Crippen LogP contribution in [0, 0.1) is 21.7 Å². The van der Waals surface area contributed by atoms with Gasteiger partial charge in [-0.3, -0.25) is 19.2 Å². The lowest BCUT2D eigenvalue weighted by Gasteiger charge is -2.51. The van der Waals surface area contributed by atoms with E-state index in [-0.39, 0.29) is 34.6 Å². The van der Waals surface area contributed by atoms with Gasteiger partial charge in [0.2, 0.25) is 0 Å². The fourth-order valence-electron chi connectivity index (χ4n) is 6.40. The second kappa shape index (κ2) is 8.43. The number of hydrogen-bond donors (Lipinski definition) is 2. The average molecular weight is 439 g/mol. The average Bonchev–Trinajstić information content (AvgIpc) is 2.80. The summed E-state index contributed by atoms with van der Waals surface area (Å²) in [6, 6.07) is 0. The predicted molar refractivity (Wildman–Crippen MR) is 109 cm³/mol. The summed E-state index contributed by atoms with van der Waals surface area (Å²) in [6.45, 7) is 0. The molecule has 6 saturated carbocycles. The molecule has 0 aromatic rings. The Morgan fingerprint density at radius 2 is 0.935 bits per heavy atom. The molecule has 0 spiro atoms. The highest BCUT2D eigenvalue weighted by molar-refractivity contribution is 5.80. The smallest absolute Gasteiger partial charge is 0.311 e. The van der Waals surface area contributed by atoms with E-state index in [0.717, 1.165) is 38.5 Å². The third-order valence-corrected chi connectivity index (χ3v) is 8.86. The highest BCUT2D eigenvalue weighted by atomic mass is 16.5. The lowest BCUT2D eigenvalue weighted by molar-refractivity contribution is -0.172. The summed E-state index contributed by atoms with van der Waals surface area (Å²) in [5.41, 5.74) is -1.25. The monoisotopic (exact) mass is 438 g/mol. The molecular formula is C23H34O8. The van der Waals surface area contributed by atoms with Crippen molar-refractivity contribution in [1.82, 2.24) is 0 Å². The minimum absolute atomic E-state index is 0.0401. The second-order valence-corrected chi connectivity index (χ2v) is 10.2. The summed E-state index contributed by atoms with van der Waals surface area (Å²) in [6.07, 6.45) is 9.10. The highest BCUT2D eigenvalue weighted by Gasteiger charge is 2.56. The van der Waals surface area contributed by atoms with E-state index >= 15 is 0 Å². The van der Waals surface area contributed by atoms with Gasteiger partial charge in [0.05, 0.1) is 36.9 Å². The van der Waals surface area contributed by atoms with Gasteiger partial charge in [-0.25, -0.2) is 0 Å². The van der Waals surface area contributed by atoms with Crippen LogP contribution in [0.5, 0.6) is 0 Å². The summed E-state index contributed by atoms with van der Waals surface area (Å²) >= 11 is 0. The fourth-order valence-corrected chi connectivity index (χ4v) is 6.40. The Morgan fingerprint density at radius 1 is 0.613 bits per heavy atom. The van der Waals surface area contributed by atoms with Crippen LogP contribution in [-0.4, -0.2) is 48.3 Å². The molecule has 8 heteroatoms. The number of ether oxygens (including phenoxy) is 2. The normalized spacial score (nSPS) is 37.9. The van der Waals surface area contributed by atoms with Gasteiger partial charge in [-0.2, -0.15) is 0 Å². The van der Waals surface area contributed by atoms with Crippen LogP contribution in [0.25, 0.3) is 0 Å². The second-order valence-electron chi connectivity index (χ2n) is 10.2. The lowest BCUT2D eigenvalue weighted by Crippen LogP contribution is -2.49. The maximum absolute atomic E-state index is 11.7. The Hall–Kier alpha value is -2.12. The Morgan fingerprint density at radius 3 is 1.23 bits per heavy atom. The van der Waals surface area contributed by atoms with Crippen molar-refractivity contribution in [3.8, 4) is 0 Å². The Bertz CT molecular complexity index is 706. The van der Waals surface area contributed by atoms with Crippen molar-refractivity contribution in [2.75, 3.05) is 14.2 Å². The van der Waals surface area contributed by atoms with Crippen molar-refractivity contribution in [3.63, 3.8) is 0 Å². The molecule has 6 aliphatic rings. The number of fused-ring (bicyclic) bond motifs is 6. The lowest BCUT2D eigenvalue weighted by atomic mass is 9.53. The van der Waals surface area contributed by atoms with Crippen molar-refractivity contribution in [2.45, 2.75) is 83.5 Å². The van der Waals surface area contributed by atoms with Crippen molar-refractivity contribution < 1.29 is 38.9 Å². The molecule has 0 aliphatic heterocycles. The van der Waals surface area contributed by atoms with Crippen LogP contribution in [0.4, 0.5) is 0 Å². The molecule has 0 amide bonds. The minimum Gasteiger partial charge on any atom is -0.481 e. The van der Waals surface area contributed by atoms with Crippen LogP contribution in [-0.2, 0) is 28.7 Å². The maximum Gasteiger partial charge on any atom is 0.311 e. The summed E-state index contributed by atoms with van der Waals surface area (Å²) in [7, 11) is 2.84. The summed E-state index contributed by atoms with van der Waals surface area (Å²) < 4.78 is 9.68. The van der Waals surface area contributed by atoms with Gasteiger partial charge in [0.15, 0.2) is 0 Å². The quantitative estimate of drug-likeness (QED) is 0.624. The third-order valence-electron chi connectivity index (χ3n) is 8.86. The van der Waals surface area contributed by atoms with Crippen molar-refractivity contribution in [3.05, 3.63) is 0 Å². The van der Waals surface area contributed by atoms with Crippen LogP contribution in [0.3, 0.4) is 0 Å².